The second kappa shape index (κ2) is 13.0. The topological polar surface area (TPSA) is 127 Å². The molecule has 238 valence electrons. The van der Waals surface area contributed by atoms with Crippen molar-refractivity contribution in [3.63, 3.8) is 0 Å². The smallest absolute Gasteiger partial charge is 0.438 e. The van der Waals surface area contributed by atoms with Crippen LogP contribution in [0.3, 0.4) is 0 Å². The number of carbonyl (C=O) groups excluding carboxylic acids is 2. The van der Waals surface area contributed by atoms with Crippen molar-refractivity contribution in [2.75, 3.05) is 19.0 Å². The van der Waals surface area contributed by atoms with Crippen LogP contribution in [-0.2, 0) is 23.1 Å². The number of anilines is 1. The summed E-state index contributed by atoms with van der Waals surface area (Å²) < 4.78 is 31.6. The number of carbonyl (C=O) groups is 2. The molecule has 1 aliphatic heterocycles. The molecule has 2 aromatic rings. The number of nitrogens with zero attached hydrogens (tertiary/aromatic N) is 2. The maximum absolute atomic E-state index is 13.4. The fourth-order valence-electron chi connectivity index (χ4n) is 3.97. The van der Waals surface area contributed by atoms with Crippen molar-refractivity contribution in [3.8, 4) is 0 Å². The lowest BCUT2D eigenvalue weighted by Gasteiger charge is -2.40. The molecule has 0 radical (unpaired) electrons. The van der Waals surface area contributed by atoms with Crippen LogP contribution in [0.5, 0.6) is 0 Å². The van der Waals surface area contributed by atoms with E-state index in [2.05, 4.69) is 78.0 Å². The largest absolute Gasteiger partial charge is 0.508 e. The van der Waals surface area contributed by atoms with Crippen molar-refractivity contribution in [1.29, 1.82) is 0 Å². The van der Waals surface area contributed by atoms with Crippen molar-refractivity contribution in [1.82, 2.24) is 9.55 Å². The van der Waals surface area contributed by atoms with Gasteiger partial charge < -0.3 is 28.4 Å². The lowest BCUT2D eigenvalue weighted by Crippen LogP contribution is -2.51. The summed E-state index contributed by atoms with van der Waals surface area (Å²) in [6.45, 7) is 21.2. The van der Waals surface area contributed by atoms with Gasteiger partial charge in [0.2, 0.25) is 0 Å². The maximum atomic E-state index is 13.4. The van der Waals surface area contributed by atoms with Crippen molar-refractivity contribution >= 4 is 34.5 Å². The Balaban J connectivity index is 2.01. The number of hydrogen-bond acceptors (Lipinski definition) is 9. The number of hydrogen-bond donors (Lipinski definition) is 1. The van der Waals surface area contributed by atoms with Crippen LogP contribution < -0.4 is 11.0 Å². The molecule has 0 bridgehead atoms. The van der Waals surface area contributed by atoms with Crippen LogP contribution in [0.15, 0.2) is 47.4 Å². The molecular formula is C30H47N3O8Si2. The van der Waals surface area contributed by atoms with Crippen LogP contribution in [0.4, 0.5) is 10.6 Å². The second-order valence-electron chi connectivity index (χ2n) is 13.8. The molecule has 0 aliphatic carbocycles. The summed E-state index contributed by atoms with van der Waals surface area (Å²) in [4.78, 5) is 42.6. The van der Waals surface area contributed by atoms with E-state index in [-0.39, 0.29) is 22.5 Å². The molecule has 1 N–H and O–H groups in total. The molecule has 1 amide bonds. The van der Waals surface area contributed by atoms with E-state index >= 15 is 0 Å². The number of ether oxygens (including phenoxy) is 3. The first-order valence-corrected chi connectivity index (χ1v) is 20.3. The Morgan fingerprint density at radius 3 is 2.09 bits per heavy atom. The number of nitrogens with one attached hydrogen (secondary N) is 1. The molecular weight excluding hydrogens is 587 g/mol. The fourth-order valence-corrected chi connectivity index (χ4v) is 6.27. The number of rotatable bonds is 9. The van der Waals surface area contributed by atoms with E-state index in [0.29, 0.717) is 5.56 Å². The van der Waals surface area contributed by atoms with Crippen LogP contribution in [0.2, 0.25) is 36.3 Å². The quantitative estimate of drug-likeness (QED) is 0.263. The molecule has 2 heterocycles. The highest BCUT2D eigenvalue weighted by Crippen LogP contribution is 2.43. The van der Waals surface area contributed by atoms with E-state index in [1.165, 1.54) is 23.9 Å². The average molecular weight is 634 g/mol. The summed E-state index contributed by atoms with van der Waals surface area (Å²) >= 11 is 0. The van der Waals surface area contributed by atoms with Gasteiger partial charge in [-0.05, 0) is 54.5 Å². The van der Waals surface area contributed by atoms with Crippen molar-refractivity contribution in [2.45, 2.75) is 102 Å². The Morgan fingerprint density at radius 1 is 0.953 bits per heavy atom. The zero-order valence-electron chi connectivity index (χ0n) is 27.2. The number of aromatic nitrogens is 2. The molecule has 0 spiro atoms. The lowest BCUT2D eigenvalue weighted by atomic mass is 10.1. The Kier molecular flexibility index (Phi) is 10.5. The Morgan fingerprint density at radius 2 is 1.56 bits per heavy atom. The van der Waals surface area contributed by atoms with Crippen molar-refractivity contribution in [3.05, 3.63) is 58.6 Å². The molecule has 11 nitrogen and oxygen atoms in total. The highest BCUT2D eigenvalue weighted by Gasteiger charge is 2.54. The first-order chi connectivity index (χ1) is 19.8. The third-order valence-electron chi connectivity index (χ3n) is 8.72. The molecule has 1 fully saturated rings. The van der Waals surface area contributed by atoms with Crippen LogP contribution in [0.25, 0.3) is 0 Å². The minimum absolute atomic E-state index is 0.0678. The second-order valence-corrected chi connectivity index (χ2v) is 23.4. The van der Waals surface area contributed by atoms with Crippen molar-refractivity contribution in [2.24, 2.45) is 0 Å². The molecule has 43 heavy (non-hydrogen) atoms. The van der Waals surface area contributed by atoms with Gasteiger partial charge in [0, 0.05) is 11.8 Å². The summed E-state index contributed by atoms with van der Waals surface area (Å²) in [7, 11) is -3.48. The van der Waals surface area contributed by atoms with E-state index in [1.54, 1.807) is 24.3 Å². The molecule has 4 atom stereocenters. The first-order valence-electron chi connectivity index (χ1n) is 14.4. The normalized spacial score (nSPS) is 21.4. The van der Waals surface area contributed by atoms with Gasteiger partial charge in [0.25, 0.3) is 5.91 Å². The standard InChI is InChI=1S/C30H47N3O8Si2/c1-29(2,3)42(8,9)38-19-21-23(40-28(36)37-7)24(41-43(10,11)30(4,5)6)26(39-21)33-18-17-22(32-27(33)35)31-25(34)20-15-13-12-14-16-20/h12-18,21,23-24,26H,19H2,1-11H3,(H,31,32,34,35)/t21-,23-,24-,26-/m1/s1. The molecule has 3 rings (SSSR count). The van der Waals surface area contributed by atoms with E-state index < -0.39 is 58.9 Å². The number of benzene rings is 1. The minimum Gasteiger partial charge on any atom is -0.438 e. The highest BCUT2D eigenvalue weighted by atomic mass is 28.4. The highest BCUT2D eigenvalue weighted by molar-refractivity contribution is 6.74. The monoisotopic (exact) mass is 633 g/mol. The molecule has 1 saturated heterocycles. The predicted molar refractivity (Wildman–Crippen MR) is 169 cm³/mol. The third kappa shape index (κ3) is 8.21. The summed E-state index contributed by atoms with van der Waals surface area (Å²) in [6.07, 6.45) is -2.93. The Bertz CT molecular complexity index is 1340. The SMILES string of the molecule is COC(=O)O[C@H]1[C@@H](O[Si](C)(C)C(C)(C)C)[C@H](n2ccc(NC(=O)c3ccccc3)nc2=O)O[C@@H]1CO[Si](C)(C)C(C)(C)C. The average Bonchev–Trinajstić information content (AvgIpc) is 3.22. The molecule has 1 aliphatic rings. The van der Waals surface area contributed by atoms with Gasteiger partial charge in [-0.15, -0.1) is 0 Å². The van der Waals surface area contributed by atoms with Crippen LogP contribution in [0, 0.1) is 0 Å². The Hall–Kier alpha value is -2.85. The van der Waals surface area contributed by atoms with Crippen LogP contribution >= 0.6 is 0 Å². The zero-order chi connectivity index (χ0) is 32.4. The van der Waals surface area contributed by atoms with E-state index in [9.17, 15) is 14.4 Å². The van der Waals surface area contributed by atoms with Gasteiger partial charge in [0.1, 0.15) is 18.0 Å². The molecule has 1 aromatic heterocycles. The summed E-state index contributed by atoms with van der Waals surface area (Å²) in [6, 6.07) is 10.2. The number of amides is 1. The first kappa shape index (κ1) is 34.6. The van der Waals surface area contributed by atoms with Gasteiger partial charge in [-0.25, -0.2) is 9.59 Å². The summed E-state index contributed by atoms with van der Waals surface area (Å²) in [5, 5.41) is 2.39. The van der Waals surface area contributed by atoms with Gasteiger partial charge in [0.05, 0.1) is 13.7 Å². The van der Waals surface area contributed by atoms with Gasteiger partial charge in [-0.2, -0.15) is 4.98 Å². The zero-order valence-corrected chi connectivity index (χ0v) is 29.2. The van der Waals surface area contributed by atoms with Gasteiger partial charge in [-0.3, -0.25) is 9.36 Å². The summed E-state index contributed by atoms with van der Waals surface area (Å²) in [5.41, 5.74) is -0.231. The molecule has 13 heteroatoms. The van der Waals surface area contributed by atoms with Gasteiger partial charge >= 0.3 is 11.8 Å². The minimum atomic E-state index is -2.49. The molecule has 1 aromatic carbocycles. The van der Waals surface area contributed by atoms with Gasteiger partial charge in [-0.1, -0.05) is 59.7 Å². The third-order valence-corrected chi connectivity index (χ3v) is 17.7. The van der Waals surface area contributed by atoms with Crippen LogP contribution in [-0.4, -0.2) is 70.3 Å². The van der Waals surface area contributed by atoms with E-state index in [4.69, 9.17) is 23.1 Å². The van der Waals surface area contributed by atoms with E-state index in [0.717, 1.165) is 0 Å². The summed E-state index contributed by atoms with van der Waals surface area (Å²) in [5.74, 6) is -0.300. The maximum Gasteiger partial charge on any atom is 0.508 e. The molecule has 0 unspecified atom stereocenters. The van der Waals surface area contributed by atoms with E-state index in [1.807, 2.05) is 6.07 Å². The van der Waals surface area contributed by atoms with Crippen molar-refractivity contribution < 1.29 is 32.7 Å². The fraction of sp³-hybridized carbons (Fsp3) is 0.600. The van der Waals surface area contributed by atoms with Gasteiger partial charge in [0.15, 0.2) is 29.0 Å². The predicted octanol–water partition coefficient (Wildman–Crippen LogP) is 5.96. The Labute approximate surface area is 256 Å². The molecule has 0 saturated carbocycles. The number of methoxy groups -OCH3 is 1. The lowest BCUT2D eigenvalue weighted by molar-refractivity contribution is -0.0548. The van der Waals surface area contributed by atoms with Crippen LogP contribution in [0.1, 0.15) is 58.1 Å².